The lowest BCUT2D eigenvalue weighted by Gasteiger charge is -2.33. The highest BCUT2D eigenvalue weighted by Crippen LogP contribution is 2.20. The third kappa shape index (κ3) is 3.34. The highest BCUT2D eigenvalue weighted by Gasteiger charge is 2.23. The van der Waals surface area contributed by atoms with Crippen LogP contribution in [-0.2, 0) is 0 Å². The van der Waals surface area contributed by atoms with Crippen LogP contribution in [0.1, 0.15) is 15.9 Å². The fourth-order valence-electron chi connectivity index (χ4n) is 2.18. The van der Waals surface area contributed by atoms with E-state index < -0.39 is 0 Å². The summed E-state index contributed by atoms with van der Waals surface area (Å²) >= 11 is 3.43. The van der Waals surface area contributed by atoms with E-state index in [4.69, 9.17) is 5.26 Å². The number of amides is 1. The Balaban J connectivity index is 2.05. The third-order valence-electron chi connectivity index (χ3n) is 3.31. The first kappa shape index (κ1) is 14.0. The van der Waals surface area contributed by atoms with E-state index in [1.807, 2.05) is 30.0 Å². The van der Waals surface area contributed by atoms with Crippen molar-refractivity contribution in [1.29, 1.82) is 5.26 Å². The van der Waals surface area contributed by atoms with E-state index in [2.05, 4.69) is 26.9 Å². The number of aryl methyl sites for hydroxylation is 1. The van der Waals surface area contributed by atoms with Crippen molar-refractivity contribution in [3.05, 3.63) is 33.8 Å². The Kier molecular flexibility index (Phi) is 4.56. The maximum atomic E-state index is 12.4. The van der Waals surface area contributed by atoms with Gasteiger partial charge in [-0.25, -0.2) is 0 Å². The number of halogens is 1. The van der Waals surface area contributed by atoms with E-state index in [1.165, 1.54) is 0 Å². The van der Waals surface area contributed by atoms with Gasteiger partial charge < -0.3 is 4.90 Å². The molecule has 0 aliphatic carbocycles. The van der Waals surface area contributed by atoms with Gasteiger partial charge >= 0.3 is 0 Å². The average molecular weight is 322 g/mol. The van der Waals surface area contributed by atoms with Crippen LogP contribution in [0, 0.1) is 18.3 Å². The molecule has 100 valence electrons. The number of benzene rings is 1. The molecule has 1 aliphatic heterocycles. The van der Waals surface area contributed by atoms with Crippen LogP contribution in [0.25, 0.3) is 0 Å². The van der Waals surface area contributed by atoms with Crippen molar-refractivity contribution in [2.45, 2.75) is 6.92 Å². The lowest BCUT2D eigenvalue weighted by Crippen LogP contribution is -2.48. The fourth-order valence-corrected chi connectivity index (χ4v) is 2.60. The zero-order valence-electron chi connectivity index (χ0n) is 10.9. The molecule has 0 saturated carbocycles. The number of rotatable bonds is 2. The van der Waals surface area contributed by atoms with Crippen molar-refractivity contribution >= 4 is 21.8 Å². The lowest BCUT2D eigenvalue weighted by atomic mass is 10.1. The molecule has 0 spiro atoms. The molecule has 0 atom stereocenters. The molecular formula is C14H16BrN3O. The maximum Gasteiger partial charge on any atom is 0.255 e. The van der Waals surface area contributed by atoms with Crippen LogP contribution >= 0.6 is 15.9 Å². The van der Waals surface area contributed by atoms with E-state index in [-0.39, 0.29) is 5.91 Å². The van der Waals surface area contributed by atoms with E-state index in [1.54, 1.807) is 0 Å². The van der Waals surface area contributed by atoms with E-state index >= 15 is 0 Å². The number of carbonyl (C=O) groups is 1. The Bertz CT molecular complexity index is 516. The molecule has 5 heteroatoms. The molecule has 1 aromatic rings. The highest BCUT2D eigenvalue weighted by molar-refractivity contribution is 9.10. The summed E-state index contributed by atoms with van der Waals surface area (Å²) in [6, 6.07) is 7.94. The first-order valence-electron chi connectivity index (χ1n) is 6.26. The molecule has 1 amide bonds. The van der Waals surface area contributed by atoms with E-state index in [0.29, 0.717) is 25.2 Å². The fraction of sp³-hybridized carbons (Fsp3) is 0.429. The van der Waals surface area contributed by atoms with Crippen LogP contribution in [-0.4, -0.2) is 48.4 Å². The number of piperazine rings is 1. The predicted molar refractivity (Wildman–Crippen MR) is 76.8 cm³/mol. The number of carbonyl (C=O) groups excluding carboxylic acids is 1. The second-order valence-corrected chi connectivity index (χ2v) is 5.56. The van der Waals surface area contributed by atoms with Gasteiger partial charge in [0.15, 0.2) is 0 Å². The molecule has 1 heterocycles. The number of nitriles is 1. The quantitative estimate of drug-likeness (QED) is 0.783. The molecule has 1 aliphatic rings. The summed E-state index contributed by atoms with van der Waals surface area (Å²) in [5.74, 6) is 0.0622. The SMILES string of the molecule is Cc1ccc(Br)c(C(=O)N2CCN(CC#N)CC2)c1. The number of nitrogens with zero attached hydrogens (tertiary/aromatic N) is 3. The smallest absolute Gasteiger partial charge is 0.255 e. The summed E-state index contributed by atoms with van der Waals surface area (Å²) < 4.78 is 0.836. The lowest BCUT2D eigenvalue weighted by molar-refractivity contribution is 0.0651. The van der Waals surface area contributed by atoms with E-state index in [0.717, 1.165) is 23.1 Å². The van der Waals surface area contributed by atoms with Crippen molar-refractivity contribution in [3.8, 4) is 6.07 Å². The molecule has 1 aromatic carbocycles. The molecular weight excluding hydrogens is 306 g/mol. The van der Waals surface area contributed by atoms with Crippen LogP contribution in [0.2, 0.25) is 0 Å². The average Bonchev–Trinajstić information content (AvgIpc) is 2.42. The van der Waals surface area contributed by atoms with Gasteiger partial charge in [-0.2, -0.15) is 5.26 Å². The van der Waals surface area contributed by atoms with Gasteiger partial charge in [-0.1, -0.05) is 11.6 Å². The van der Waals surface area contributed by atoms with Gasteiger partial charge in [-0.15, -0.1) is 0 Å². The molecule has 4 nitrogen and oxygen atoms in total. The maximum absolute atomic E-state index is 12.4. The highest BCUT2D eigenvalue weighted by atomic mass is 79.9. The Labute approximate surface area is 121 Å². The van der Waals surface area contributed by atoms with Crippen LogP contribution in [0.4, 0.5) is 0 Å². The van der Waals surface area contributed by atoms with Crippen LogP contribution in [0.15, 0.2) is 22.7 Å². The molecule has 0 unspecified atom stereocenters. The molecule has 2 rings (SSSR count). The molecule has 0 bridgehead atoms. The summed E-state index contributed by atoms with van der Waals surface area (Å²) in [6.07, 6.45) is 0. The van der Waals surface area contributed by atoms with Gasteiger partial charge in [0.1, 0.15) is 0 Å². The molecule has 1 saturated heterocycles. The molecule has 19 heavy (non-hydrogen) atoms. The van der Waals surface area contributed by atoms with Gasteiger partial charge in [-0.05, 0) is 35.0 Å². The first-order chi connectivity index (χ1) is 9.11. The monoisotopic (exact) mass is 321 g/mol. The summed E-state index contributed by atoms with van der Waals surface area (Å²) in [6.45, 7) is 5.32. The van der Waals surface area contributed by atoms with Crippen molar-refractivity contribution in [2.24, 2.45) is 0 Å². The Morgan fingerprint density at radius 3 is 2.68 bits per heavy atom. The predicted octanol–water partition coefficient (Wildman–Crippen LogP) is 2.04. The normalized spacial score (nSPS) is 16.2. The summed E-state index contributed by atoms with van der Waals surface area (Å²) in [7, 11) is 0. The van der Waals surface area contributed by atoms with Crippen molar-refractivity contribution in [3.63, 3.8) is 0 Å². The largest absolute Gasteiger partial charge is 0.336 e. The van der Waals surface area contributed by atoms with Gasteiger partial charge in [0, 0.05) is 30.7 Å². The van der Waals surface area contributed by atoms with Gasteiger partial charge in [0.25, 0.3) is 5.91 Å². The summed E-state index contributed by atoms with van der Waals surface area (Å²) in [5.41, 5.74) is 1.79. The van der Waals surface area contributed by atoms with Crippen molar-refractivity contribution in [2.75, 3.05) is 32.7 Å². The zero-order valence-corrected chi connectivity index (χ0v) is 12.5. The number of hydrogen-bond acceptors (Lipinski definition) is 3. The third-order valence-corrected chi connectivity index (χ3v) is 4.00. The first-order valence-corrected chi connectivity index (χ1v) is 7.06. The molecule has 1 fully saturated rings. The Hall–Kier alpha value is -1.38. The topological polar surface area (TPSA) is 47.3 Å². The molecule has 0 aromatic heterocycles. The minimum absolute atomic E-state index is 0.0622. The van der Waals surface area contributed by atoms with Crippen LogP contribution < -0.4 is 0 Å². The molecule has 0 radical (unpaired) electrons. The second kappa shape index (κ2) is 6.18. The van der Waals surface area contributed by atoms with Crippen molar-refractivity contribution in [1.82, 2.24) is 9.80 Å². The summed E-state index contributed by atoms with van der Waals surface area (Å²) in [4.78, 5) is 16.4. The summed E-state index contributed by atoms with van der Waals surface area (Å²) in [5, 5.41) is 8.66. The van der Waals surface area contributed by atoms with Gasteiger partial charge in [0.05, 0.1) is 18.2 Å². The number of hydrogen-bond donors (Lipinski definition) is 0. The van der Waals surface area contributed by atoms with Crippen LogP contribution in [0.3, 0.4) is 0 Å². The minimum atomic E-state index is 0.0622. The minimum Gasteiger partial charge on any atom is -0.336 e. The Morgan fingerprint density at radius 2 is 2.05 bits per heavy atom. The van der Waals surface area contributed by atoms with E-state index in [9.17, 15) is 4.79 Å². The van der Waals surface area contributed by atoms with Crippen molar-refractivity contribution < 1.29 is 4.79 Å². The van der Waals surface area contributed by atoms with Gasteiger partial charge in [0.2, 0.25) is 0 Å². The van der Waals surface area contributed by atoms with Crippen LogP contribution in [0.5, 0.6) is 0 Å². The standard InChI is InChI=1S/C14H16BrN3O/c1-11-2-3-13(15)12(10-11)14(19)18-8-6-17(5-4-16)7-9-18/h2-3,10H,5-9H2,1H3. The van der Waals surface area contributed by atoms with Gasteiger partial charge in [-0.3, -0.25) is 9.69 Å². The zero-order chi connectivity index (χ0) is 13.8. The molecule has 0 N–H and O–H groups in total. The second-order valence-electron chi connectivity index (χ2n) is 4.71. The Morgan fingerprint density at radius 1 is 1.37 bits per heavy atom.